The van der Waals surface area contributed by atoms with Gasteiger partial charge in [-0.25, -0.2) is 4.99 Å². The summed E-state index contributed by atoms with van der Waals surface area (Å²) in [4.78, 5) is 22.3. The summed E-state index contributed by atoms with van der Waals surface area (Å²) in [5.74, 6) is -0.0452. The van der Waals surface area contributed by atoms with Gasteiger partial charge in [0, 0.05) is 18.7 Å². The highest BCUT2D eigenvalue weighted by atomic mass is 16.5. The lowest BCUT2D eigenvalue weighted by atomic mass is 10.1. The van der Waals surface area contributed by atoms with Crippen LogP contribution < -0.4 is 4.90 Å². The molecule has 1 amide bonds. The Labute approximate surface area is 176 Å². The van der Waals surface area contributed by atoms with E-state index in [1.165, 1.54) is 0 Å². The van der Waals surface area contributed by atoms with Gasteiger partial charge >= 0.3 is 0 Å². The topological polar surface area (TPSA) is 45.1 Å². The SMILES string of the molecule is CC1CN(CN2C(=O)C(=Nc3ccc4ccccc4c3)c3ccccc32)CC(C)O1. The van der Waals surface area contributed by atoms with Crippen LogP contribution in [0.4, 0.5) is 11.4 Å². The number of hydrogen-bond donors (Lipinski definition) is 0. The van der Waals surface area contributed by atoms with Crippen LogP contribution in [0.25, 0.3) is 10.8 Å². The summed E-state index contributed by atoms with van der Waals surface area (Å²) in [7, 11) is 0. The number of para-hydroxylation sites is 1. The molecular weight excluding hydrogens is 374 g/mol. The molecule has 152 valence electrons. The Hall–Kier alpha value is -3.02. The second kappa shape index (κ2) is 7.67. The molecule has 0 saturated carbocycles. The predicted molar refractivity (Wildman–Crippen MR) is 121 cm³/mol. The van der Waals surface area contributed by atoms with Crippen molar-refractivity contribution in [3.63, 3.8) is 0 Å². The number of carbonyl (C=O) groups is 1. The summed E-state index contributed by atoms with van der Waals surface area (Å²) >= 11 is 0. The zero-order chi connectivity index (χ0) is 20.7. The minimum Gasteiger partial charge on any atom is -0.373 e. The summed E-state index contributed by atoms with van der Waals surface area (Å²) in [6.07, 6.45) is 0.319. The fourth-order valence-corrected chi connectivity index (χ4v) is 4.49. The van der Waals surface area contributed by atoms with Crippen molar-refractivity contribution in [1.29, 1.82) is 0 Å². The molecule has 0 aliphatic carbocycles. The van der Waals surface area contributed by atoms with Crippen molar-refractivity contribution in [2.75, 3.05) is 24.7 Å². The number of nitrogens with zero attached hydrogens (tertiary/aromatic N) is 3. The maximum Gasteiger partial charge on any atom is 0.278 e. The van der Waals surface area contributed by atoms with E-state index >= 15 is 0 Å². The van der Waals surface area contributed by atoms with Gasteiger partial charge < -0.3 is 4.74 Å². The zero-order valence-electron chi connectivity index (χ0n) is 17.3. The van der Waals surface area contributed by atoms with E-state index in [2.05, 4.69) is 30.9 Å². The molecule has 2 atom stereocenters. The van der Waals surface area contributed by atoms with Gasteiger partial charge in [-0.05, 0) is 42.8 Å². The van der Waals surface area contributed by atoms with Gasteiger partial charge in [-0.3, -0.25) is 14.6 Å². The fraction of sp³-hybridized carbons (Fsp3) is 0.280. The van der Waals surface area contributed by atoms with Crippen LogP contribution in [0.2, 0.25) is 0 Å². The van der Waals surface area contributed by atoms with Crippen molar-refractivity contribution < 1.29 is 9.53 Å². The van der Waals surface area contributed by atoms with Crippen LogP contribution in [0.15, 0.2) is 71.7 Å². The van der Waals surface area contributed by atoms with Gasteiger partial charge in [0.2, 0.25) is 0 Å². The summed E-state index contributed by atoms with van der Waals surface area (Å²) in [5, 5.41) is 2.28. The van der Waals surface area contributed by atoms with Crippen molar-refractivity contribution in [1.82, 2.24) is 4.90 Å². The highest BCUT2D eigenvalue weighted by Gasteiger charge is 2.35. The summed E-state index contributed by atoms with van der Waals surface area (Å²) in [6, 6.07) is 22.2. The lowest BCUT2D eigenvalue weighted by molar-refractivity contribution is -0.113. The number of anilines is 1. The standard InChI is InChI=1S/C25H25N3O2/c1-17-14-27(15-18(2)30-17)16-28-23-10-6-5-9-22(23)24(25(28)29)26-21-12-11-19-7-3-4-8-20(19)13-21/h3-13,17-18H,14-16H2,1-2H3. The normalized spacial score (nSPS) is 23.3. The van der Waals surface area contributed by atoms with Crippen molar-refractivity contribution >= 4 is 33.8 Å². The van der Waals surface area contributed by atoms with E-state index in [0.717, 1.165) is 40.8 Å². The zero-order valence-corrected chi connectivity index (χ0v) is 17.3. The number of carbonyl (C=O) groups excluding carboxylic acids is 1. The van der Waals surface area contributed by atoms with Crippen LogP contribution in [0, 0.1) is 0 Å². The maximum absolute atomic E-state index is 13.4. The van der Waals surface area contributed by atoms with Gasteiger partial charge in [-0.2, -0.15) is 0 Å². The monoisotopic (exact) mass is 399 g/mol. The number of ether oxygens (including phenoxy) is 1. The molecule has 0 N–H and O–H groups in total. The second-order valence-corrected chi connectivity index (χ2v) is 8.18. The molecule has 0 aromatic heterocycles. The molecule has 2 heterocycles. The molecule has 3 aromatic rings. The van der Waals surface area contributed by atoms with Gasteiger partial charge in [0.1, 0.15) is 5.71 Å². The molecule has 30 heavy (non-hydrogen) atoms. The van der Waals surface area contributed by atoms with Crippen LogP contribution in [-0.4, -0.2) is 48.5 Å². The van der Waals surface area contributed by atoms with Crippen molar-refractivity contribution in [3.05, 3.63) is 72.3 Å². The Morgan fingerprint density at radius 3 is 2.43 bits per heavy atom. The van der Waals surface area contributed by atoms with Crippen LogP contribution >= 0.6 is 0 Å². The predicted octanol–water partition coefficient (Wildman–Crippen LogP) is 4.37. The second-order valence-electron chi connectivity index (χ2n) is 8.18. The molecule has 2 unspecified atom stereocenters. The molecule has 0 bridgehead atoms. The largest absolute Gasteiger partial charge is 0.373 e. The fourth-order valence-electron chi connectivity index (χ4n) is 4.49. The Morgan fingerprint density at radius 1 is 0.933 bits per heavy atom. The van der Waals surface area contributed by atoms with E-state index in [4.69, 9.17) is 9.73 Å². The summed E-state index contributed by atoms with van der Waals surface area (Å²) < 4.78 is 5.84. The average molecular weight is 399 g/mol. The first kappa shape index (κ1) is 19.0. The molecule has 1 fully saturated rings. The van der Waals surface area contributed by atoms with E-state index in [1.54, 1.807) is 0 Å². The first-order chi connectivity index (χ1) is 14.6. The van der Waals surface area contributed by atoms with Gasteiger partial charge in [0.05, 0.1) is 30.3 Å². The Morgan fingerprint density at radius 2 is 1.63 bits per heavy atom. The van der Waals surface area contributed by atoms with E-state index in [9.17, 15) is 4.79 Å². The van der Waals surface area contributed by atoms with Crippen LogP contribution in [0.5, 0.6) is 0 Å². The number of benzene rings is 3. The minimum atomic E-state index is -0.0452. The third-order valence-corrected chi connectivity index (χ3v) is 5.71. The molecule has 2 aliphatic rings. The molecule has 0 radical (unpaired) electrons. The quantitative estimate of drug-likeness (QED) is 0.657. The third-order valence-electron chi connectivity index (χ3n) is 5.71. The first-order valence-electron chi connectivity index (χ1n) is 10.4. The molecule has 5 rings (SSSR count). The van der Waals surface area contributed by atoms with Crippen LogP contribution in [0.3, 0.4) is 0 Å². The van der Waals surface area contributed by atoms with E-state index in [1.807, 2.05) is 59.5 Å². The molecule has 5 nitrogen and oxygen atoms in total. The lowest BCUT2D eigenvalue weighted by Gasteiger charge is -2.37. The number of morpholine rings is 1. The average Bonchev–Trinajstić information content (AvgIpc) is 2.99. The molecule has 2 aliphatic heterocycles. The highest BCUT2D eigenvalue weighted by molar-refractivity contribution is 6.54. The van der Waals surface area contributed by atoms with Gasteiger partial charge in [-0.1, -0.05) is 48.5 Å². The number of amides is 1. The summed E-state index contributed by atoms with van der Waals surface area (Å²) in [5.41, 5.74) is 3.12. The van der Waals surface area contributed by atoms with Crippen molar-refractivity contribution in [2.24, 2.45) is 4.99 Å². The van der Waals surface area contributed by atoms with Crippen molar-refractivity contribution in [3.8, 4) is 0 Å². The maximum atomic E-state index is 13.4. The highest BCUT2D eigenvalue weighted by Crippen LogP contribution is 2.32. The van der Waals surface area contributed by atoms with Crippen LogP contribution in [-0.2, 0) is 9.53 Å². The van der Waals surface area contributed by atoms with Gasteiger partial charge in [-0.15, -0.1) is 0 Å². The minimum absolute atomic E-state index is 0.0452. The molecular formula is C25H25N3O2. The van der Waals surface area contributed by atoms with Gasteiger partial charge in [0.25, 0.3) is 5.91 Å². The Kier molecular flexibility index (Phi) is 4.85. The third kappa shape index (κ3) is 3.51. The number of aliphatic imine (C=N–C) groups is 1. The molecule has 1 saturated heterocycles. The molecule has 5 heteroatoms. The summed E-state index contributed by atoms with van der Waals surface area (Å²) in [6.45, 7) is 6.33. The molecule has 0 spiro atoms. The Bertz CT molecular complexity index is 1130. The number of hydrogen-bond acceptors (Lipinski definition) is 4. The lowest BCUT2D eigenvalue weighted by Crippen LogP contribution is -2.50. The van der Waals surface area contributed by atoms with Gasteiger partial charge in [0.15, 0.2) is 0 Å². The first-order valence-corrected chi connectivity index (χ1v) is 10.4. The molecule has 3 aromatic carbocycles. The van der Waals surface area contributed by atoms with E-state index < -0.39 is 0 Å². The van der Waals surface area contributed by atoms with E-state index in [0.29, 0.717) is 12.4 Å². The number of fused-ring (bicyclic) bond motifs is 2. The van der Waals surface area contributed by atoms with Crippen molar-refractivity contribution in [2.45, 2.75) is 26.1 Å². The van der Waals surface area contributed by atoms with E-state index in [-0.39, 0.29) is 18.1 Å². The smallest absolute Gasteiger partial charge is 0.278 e. The number of rotatable bonds is 3. The van der Waals surface area contributed by atoms with Crippen LogP contribution in [0.1, 0.15) is 19.4 Å². The Balaban J connectivity index is 1.49.